The zero-order chi connectivity index (χ0) is 11.5. The van der Waals surface area contributed by atoms with Crippen LogP contribution in [0, 0.1) is 0 Å². The molecule has 0 unspecified atom stereocenters. The first-order valence-corrected chi connectivity index (χ1v) is 5.38. The Balaban J connectivity index is 3.01. The number of methoxy groups -OCH3 is 1. The molecule has 0 amide bonds. The van der Waals surface area contributed by atoms with Gasteiger partial charge in [0, 0.05) is 0 Å². The van der Waals surface area contributed by atoms with E-state index >= 15 is 0 Å². The van der Waals surface area contributed by atoms with E-state index < -0.39 is 0 Å². The van der Waals surface area contributed by atoms with Crippen molar-refractivity contribution in [2.45, 2.75) is 39.0 Å². The topological polar surface area (TPSA) is 29.5 Å². The van der Waals surface area contributed by atoms with Gasteiger partial charge in [0.05, 0.1) is 7.11 Å². The van der Waals surface area contributed by atoms with E-state index in [2.05, 4.69) is 20.8 Å². The van der Waals surface area contributed by atoms with Crippen LogP contribution in [0.1, 0.15) is 39.2 Å². The number of rotatable bonds is 4. The lowest BCUT2D eigenvalue weighted by molar-refractivity contribution is 0.371. The highest BCUT2D eigenvalue weighted by atomic mass is 16.5. The lowest BCUT2D eigenvalue weighted by Crippen LogP contribution is -2.16. The molecule has 0 saturated carbocycles. The number of ether oxygens (including phenoxy) is 1. The molecule has 0 aliphatic rings. The second kappa shape index (κ2) is 4.56. The molecule has 0 fully saturated rings. The number of hydrogen-bond acceptors (Lipinski definition) is 2. The molecule has 2 nitrogen and oxygen atoms in total. The van der Waals surface area contributed by atoms with E-state index in [0.29, 0.717) is 5.75 Å². The Kier molecular flexibility index (Phi) is 3.61. The Bertz CT molecular complexity index is 329. The summed E-state index contributed by atoms with van der Waals surface area (Å²) in [6, 6.07) is 5.64. The standard InChI is InChI=1S/C13H20O2/c1-5-8-13(2,3)10-6-7-12(15-4)11(14)9-10/h6-7,9,14H,5,8H2,1-4H3. The Hall–Kier alpha value is -1.18. The molecule has 0 radical (unpaired) electrons. The van der Waals surface area contributed by atoms with Crippen LogP contribution in [0.3, 0.4) is 0 Å². The molecule has 1 N–H and O–H groups in total. The Morgan fingerprint density at radius 1 is 1.33 bits per heavy atom. The van der Waals surface area contributed by atoms with E-state index in [0.717, 1.165) is 18.4 Å². The maximum Gasteiger partial charge on any atom is 0.160 e. The normalized spacial score (nSPS) is 11.5. The summed E-state index contributed by atoms with van der Waals surface area (Å²) in [4.78, 5) is 0. The van der Waals surface area contributed by atoms with Gasteiger partial charge in [-0.25, -0.2) is 0 Å². The van der Waals surface area contributed by atoms with Crippen molar-refractivity contribution in [1.82, 2.24) is 0 Å². The monoisotopic (exact) mass is 208 g/mol. The molecule has 15 heavy (non-hydrogen) atoms. The molecule has 0 aromatic heterocycles. The van der Waals surface area contributed by atoms with Gasteiger partial charge in [0.25, 0.3) is 0 Å². The molecular formula is C13H20O2. The van der Waals surface area contributed by atoms with Crippen molar-refractivity contribution in [1.29, 1.82) is 0 Å². The number of aromatic hydroxyl groups is 1. The first kappa shape index (κ1) is 11.9. The number of phenols is 1. The summed E-state index contributed by atoms with van der Waals surface area (Å²) in [5.41, 5.74) is 1.26. The summed E-state index contributed by atoms with van der Waals surface area (Å²) in [5, 5.41) is 9.70. The summed E-state index contributed by atoms with van der Waals surface area (Å²) in [6.07, 6.45) is 2.25. The van der Waals surface area contributed by atoms with Gasteiger partial charge in [0.1, 0.15) is 0 Å². The van der Waals surface area contributed by atoms with Gasteiger partial charge in [-0.1, -0.05) is 33.3 Å². The lowest BCUT2D eigenvalue weighted by atomic mass is 9.80. The zero-order valence-electron chi connectivity index (χ0n) is 10.0. The SMILES string of the molecule is CCCC(C)(C)c1ccc(OC)c(O)c1. The molecule has 84 valence electrons. The molecule has 0 atom stereocenters. The first-order valence-electron chi connectivity index (χ1n) is 5.38. The minimum atomic E-state index is 0.110. The minimum absolute atomic E-state index is 0.110. The molecule has 1 aromatic rings. The fourth-order valence-corrected chi connectivity index (χ4v) is 1.88. The van der Waals surface area contributed by atoms with Crippen LogP contribution in [0.2, 0.25) is 0 Å². The smallest absolute Gasteiger partial charge is 0.160 e. The average molecular weight is 208 g/mol. The van der Waals surface area contributed by atoms with Crippen LogP contribution in [0.15, 0.2) is 18.2 Å². The zero-order valence-corrected chi connectivity index (χ0v) is 10.0. The summed E-state index contributed by atoms with van der Waals surface area (Å²) < 4.78 is 5.02. The van der Waals surface area contributed by atoms with E-state index in [4.69, 9.17) is 4.74 Å². The fraction of sp³-hybridized carbons (Fsp3) is 0.538. The maximum absolute atomic E-state index is 9.70. The van der Waals surface area contributed by atoms with Crippen molar-refractivity contribution < 1.29 is 9.84 Å². The van der Waals surface area contributed by atoms with Crippen molar-refractivity contribution in [2.75, 3.05) is 7.11 Å². The Morgan fingerprint density at radius 2 is 2.00 bits per heavy atom. The van der Waals surface area contributed by atoms with Crippen molar-refractivity contribution in [3.63, 3.8) is 0 Å². The molecule has 2 heteroatoms. The number of hydrogen-bond donors (Lipinski definition) is 1. The van der Waals surface area contributed by atoms with E-state index in [1.165, 1.54) is 0 Å². The highest BCUT2D eigenvalue weighted by Gasteiger charge is 2.20. The van der Waals surface area contributed by atoms with Crippen molar-refractivity contribution in [3.05, 3.63) is 23.8 Å². The van der Waals surface area contributed by atoms with Crippen molar-refractivity contribution >= 4 is 0 Å². The van der Waals surface area contributed by atoms with Gasteiger partial charge in [-0.3, -0.25) is 0 Å². The predicted molar refractivity (Wildman–Crippen MR) is 62.6 cm³/mol. The summed E-state index contributed by atoms with van der Waals surface area (Å²) in [5.74, 6) is 0.755. The average Bonchev–Trinajstić information content (AvgIpc) is 2.17. The largest absolute Gasteiger partial charge is 0.504 e. The third-order valence-electron chi connectivity index (χ3n) is 2.84. The Morgan fingerprint density at radius 3 is 2.47 bits per heavy atom. The highest BCUT2D eigenvalue weighted by molar-refractivity contribution is 5.43. The molecule has 1 aromatic carbocycles. The molecule has 0 aliphatic carbocycles. The highest BCUT2D eigenvalue weighted by Crippen LogP contribution is 2.34. The minimum Gasteiger partial charge on any atom is -0.504 e. The van der Waals surface area contributed by atoms with Gasteiger partial charge in [-0.15, -0.1) is 0 Å². The van der Waals surface area contributed by atoms with Gasteiger partial charge < -0.3 is 9.84 Å². The van der Waals surface area contributed by atoms with E-state index in [-0.39, 0.29) is 11.2 Å². The predicted octanol–water partition coefficient (Wildman–Crippen LogP) is 3.48. The van der Waals surface area contributed by atoms with Crippen LogP contribution in [-0.2, 0) is 5.41 Å². The molecule has 0 saturated heterocycles. The molecular weight excluding hydrogens is 188 g/mol. The van der Waals surface area contributed by atoms with Gasteiger partial charge in [0.15, 0.2) is 11.5 Å². The quantitative estimate of drug-likeness (QED) is 0.820. The van der Waals surface area contributed by atoms with Gasteiger partial charge in [0.2, 0.25) is 0 Å². The van der Waals surface area contributed by atoms with Crippen LogP contribution < -0.4 is 4.74 Å². The van der Waals surface area contributed by atoms with Crippen LogP contribution in [0.25, 0.3) is 0 Å². The fourth-order valence-electron chi connectivity index (χ4n) is 1.88. The van der Waals surface area contributed by atoms with Crippen LogP contribution >= 0.6 is 0 Å². The third-order valence-corrected chi connectivity index (χ3v) is 2.84. The number of phenolic OH excluding ortho intramolecular Hbond substituents is 1. The van der Waals surface area contributed by atoms with Crippen LogP contribution in [0.5, 0.6) is 11.5 Å². The summed E-state index contributed by atoms with van der Waals surface area (Å²) in [6.45, 7) is 6.56. The van der Waals surface area contributed by atoms with Gasteiger partial charge >= 0.3 is 0 Å². The second-order valence-corrected chi connectivity index (χ2v) is 4.52. The van der Waals surface area contributed by atoms with Crippen LogP contribution in [-0.4, -0.2) is 12.2 Å². The maximum atomic E-state index is 9.70. The van der Waals surface area contributed by atoms with Gasteiger partial charge in [-0.05, 0) is 29.5 Å². The first-order chi connectivity index (χ1) is 7.01. The van der Waals surface area contributed by atoms with Crippen molar-refractivity contribution in [3.8, 4) is 11.5 Å². The molecule has 0 bridgehead atoms. The van der Waals surface area contributed by atoms with E-state index in [1.54, 1.807) is 13.2 Å². The Labute approximate surface area is 91.9 Å². The van der Waals surface area contributed by atoms with Crippen LogP contribution in [0.4, 0.5) is 0 Å². The second-order valence-electron chi connectivity index (χ2n) is 4.52. The van der Waals surface area contributed by atoms with Crippen molar-refractivity contribution in [2.24, 2.45) is 0 Å². The summed E-state index contributed by atoms with van der Waals surface area (Å²) >= 11 is 0. The molecule has 0 spiro atoms. The number of benzene rings is 1. The summed E-state index contributed by atoms with van der Waals surface area (Å²) in [7, 11) is 1.56. The van der Waals surface area contributed by atoms with Gasteiger partial charge in [-0.2, -0.15) is 0 Å². The third kappa shape index (κ3) is 2.65. The lowest BCUT2D eigenvalue weighted by Gasteiger charge is -2.25. The molecule has 0 heterocycles. The van der Waals surface area contributed by atoms with E-state index in [1.807, 2.05) is 12.1 Å². The van der Waals surface area contributed by atoms with E-state index in [9.17, 15) is 5.11 Å². The molecule has 0 aliphatic heterocycles. The molecule has 1 rings (SSSR count).